The molecule has 0 unspecified atom stereocenters. The van der Waals surface area contributed by atoms with Gasteiger partial charge < -0.3 is 15.0 Å². The first kappa shape index (κ1) is 18.0. The van der Waals surface area contributed by atoms with Gasteiger partial charge >= 0.3 is 0 Å². The van der Waals surface area contributed by atoms with Gasteiger partial charge in [0.2, 0.25) is 11.8 Å². The van der Waals surface area contributed by atoms with Crippen molar-refractivity contribution in [3.63, 3.8) is 0 Å². The molecule has 0 bridgehead atoms. The van der Waals surface area contributed by atoms with Crippen molar-refractivity contribution in [1.29, 1.82) is 0 Å². The number of likely N-dealkylation sites (N-methyl/N-ethyl adjacent to an activating group) is 1. The summed E-state index contributed by atoms with van der Waals surface area (Å²) in [6.45, 7) is 8.20. The molecule has 0 saturated heterocycles. The van der Waals surface area contributed by atoms with E-state index in [1.165, 1.54) is 0 Å². The van der Waals surface area contributed by atoms with E-state index >= 15 is 0 Å². The van der Waals surface area contributed by atoms with E-state index in [1.807, 2.05) is 52.0 Å². The Bertz CT molecular complexity index is 521. The van der Waals surface area contributed by atoms with Crippen LogP contribution in [0.1, 0.15) is 33.3 Å². The molecule has 122 valence electrons. The molecule has 2 amide bonds. The maximum Gasteiger partial charge on any atom is 0.240 e. The van der Waals surface area contributed by atoms with Gasteiger partial charge in [0.05, 0.1) is 20.1 Å². The number of ether oxygens (including phenoxy) is 1. The number of carbonyl (C=O) groups is 2. The zero-order valence-electron chi connectivity index (χ0n) is 14.1. The summed E-state index contributed by atoms with van der Waals surface area (Å²) < 4.78 is 5.15. The highest BCUT2D eigenvalue weighted by molar-refractivity contribution is 5.86. The molecule has 5 heteroatoms. The summed E-state index contributed by atoms with van der Waals surface area (Å²) in [5.41, 5.74) is 0.575. The molecule has 0 fully saturated rings. The smallest absolute Gasteiger partial charge is 0.240 e. The molecule has 0 radical (unpaired) electrons. The van der Waals surface area contributed by atoms with Crippen LogP contribution < -0.4 is 10.1 Å². The Morgan fingerprint density at radius 3 is 2.50 bits per heavy atom. The second-order valence-corrected chi connectivity index (χ2v) is 6.23. The Kier molecular flexibility index (Phi) is 6.40. The lowest BCUT2D eigenvalue weighted by molar-refractivity contribution is -0.135. The normalized spacial score (nSPS) is 11.0. The Balaban J connectivity index is 2.66. The van der Waals surface area contributed by atoms with Gasteiger partial charge in [-0.05, 0) is 45.4 Å². The summed E-state index contributed by atoms with van der Waals surface area (Å²) in [5.74, 6) is 0.506. The first-order valence-corrected chi connectivity index (χ1v) is 7.47. The lowest BCUT2D eigenvalue weighted by Gasteiger charge is -2.25. The number of carbonyl (C=O) groups excluding carboxylic acids is 2. The number of benzene rings is 1. The molecule has 0 atom stereocenters. The average Bonchev–Trinajstić information content (AvgIpc) is 2.42. The van der Waals surface area contributed by atoms with Gasteiger partial charge in [-0.25, -0.2) is 0 Å². The van der Waals surface area contributed by atoms with Crippen LogP contribution in [-0.4, -0.2) is 42.5 Å². The molecule has 0 aliphatic heterocycles. The lowest BCUT2D eigenvalue weighted by atomic mass is 10.1. The topological polar surface area (TPSA) is 58.6 Å². The summed E-state index contributed by atoms with van der Waals surface area (Å²) >= 11 is 0. The molecule has 22 heavy (non-hydrogen) atoms. The summed E-state index contributed by atoms with van der Waals surface area (Å²) in [6.07, 6.45) is 0.258. The van der Waals surface area contributed by atoms with Crippen molar-refractivity contribution in [2.75, 3.05) is 20.2 Å². The standard InChI is InChI=1S/C17H26N2O3/c1-6-19(12-15(20)18-17(2,3)4)16(21)11-13-8-7-9-14(10-13)22-5/h7-10H,6,11-12H2,1-5H3,(H,18,20). The molecule has 1 rings (SSSR count). The van der Waals surface area contributed by atoms with E-state index in [0.29, 0.717) is 6.54 Å². The van der Waals surface area contributed by atoms with E-state index < -0.39 is 0 Å². The first-order chi connectivity index (χ1) is 10.2. The Labute approximate surface area is 132 Å². The SMILES string of the molecule is CCN(CC(=O)NC(C)(C)C)C(=O)Cc1cccc(OC)c1. The van der Waals surface area contributed by atoms with Crippen molar-refractivity contribution in [3.05, 3.63) is 29.8 Å². The van der Waals surface area contributed by atoms with Crippen molar-refractivity contribution in [1.82, 2.24) is 10.2 Å². The maximum absolute atomic E-state index is 12.3. The van der Waals surface area contributed by atoms with Gasteiger partial charge in [-0.1, -0.05) is 12.1 Å². The molecule has 0 aliphatic rings. The second-order valence-electron chi connectivity index (χ2n) is 6.23. The highest BCUT2D eigenvalue weighted by Gasteiger charge is 2.19. The van der Waals surface area contributed by atoms with E-state index in [2.05, 4.69) is 5.32 Å². The average molecular weight is 306 g/mol. The fraction of sp³-hybridized carbons (Fsp3) is 0.529. The monoisotopic (exact) mass is 306 g/mol. The zero-order valence-corrected chi connectivity index (χ0v) is 14.1. The van der Waals surface area contributed by atoms with Crippen molar-refractivity contribution in [2.45, 2.75) is 39.7 Å². The van der Waals surface area contributed by atoms with E-state index in [0.717, 1.165) is 11.3 Å². The molecule has 1 aromatic rings. The zero-order chi connectivity index (χ0) is 16.8. The predicted molar refractivity (Wildman–Crippen MR) is 86.8 cm³/mol. The number of hydrogen-bond donors (Lipinski definition) is 1. The summed E-state index contributed by atoms with van der Waals surface area (Å²) in [6, 6.07) is 7.40. The van der Waals surface area contributed by atoms with Crippen LogP contribution in [0.25, 0.3) is 0 Å². The van der Waals surface area contributed by atoms with Crippen LogP contribution in [0, 0.1) is 0 Å². The van der Waals surface area contributed by atoms with Crippen LogP contribution in [0.15, 0.2) is 24.3 Å². The molecule has 0 aliphatic carbocycles. The van der Waals surface area contributed by atoms with Gasteiger partial charge in [0, 0.05) is 12.1 Å². The van der Waals surface area contributed by atoms with E-state index in [4.69, 9.17) is 4.74 Å². The molecule has 0 aromatic heterocycles. The van der Waals surface area contributed by atoms with E-state index in [9.17, 15) is 9.59 Å². The number of hydrogen-bond acceptors (Lipinski definition) is 3. The Hall–Kier alpha value is -2.04. The second kappa shape index (κ2) is 7.82. The molecule has 1 aromatic carbocycles. The largest absolute Gasteiger partial charge is 0.497 e. The van der Waals surface area contributed by atoms with Crippen LogP contribution >= 0.6 is 0 Å². The van der Waals surface area contributed by atoms with E-state index in [1.54, 1.807) is 12.0 Å². The van der Waals surface area contributed by atoms with Crippen LogP contribution in [0.2, 0.25) is 0 Å². The van der Waals surface area contributed by atoms with Crippen molar-refractivity contribution in [3.8, 4) is 5.75 Å². The number of nitrogens with zero attached hydrogens (tertiary/aromatic N) is 1. The highest BCUT2D eigenvalue weighted by atomic mass is 16.5. The van der Waals surface area contributed by atoms with Gasteiger partial charge in [0.1, 0.15) is 5.75 Å². The molecule has 0 spiro atoms. The molecular weight excluding hydrogens is 280 g/mol. The maximum atomic E-state index is 12.3. The van der Waals surface area contributed by atoms with Gasteiger partial charge in [0.25, 0.3) is 0 Å². The summed E-state index contributed by atoms with van der Waals surface area (Å²) in [7, 11) is 1.59. The van der Waals surface area contributed by atoms with E-state index in [-0.39, 0.29) is 30.3 Å². The molecule has 1 N–H and O–H groups in total. The van der Waals surface area contributed by atoms with Gasteiger partial charge in [-0.15, -0.1) is 0 Å². The van der Waals surface area contributed by atoms with Gasteiger partial charge in [0.15, 0.2) is 0 Å². The lowest BCUT2D eigenvalue weighted by Crippen LogP contribution is -2.47. The first-order valence-electron chi connectivity index (χ1n) is 7.47. The van der Waals surface area contributed by atoms with Crippen LogP contribution in [0.4, 0.5) is 0 Å². The third-order valence-electron chi connectivity index (χ3n) is 3.07. The fourth-order valence-corrected chi connectivity index (χ4v) is 2.08. The number of amides is 2. The number of nitrogens with one attached hydrogen (secondary N) is 1. The van der Waals surface area contributed by atoms with Crippen LogP contribution in [0.3, 0.4) is 0 Å². The minimum absolute atomic E-state index is 0.0696. The van der Waals surface area contributed by atoms with Gasteiger partial charge in [-0.2, -0.15) is 0 Å². The van der Waals surface area contributed by atoms with Crippen LogP contribution in [-0.2, 0) is 16.0 Å². The van der Waals surface area contributed by atoms with Gasteiger partial charge in [-0.3, -0.25) is 9.59 Å². The predicted octanol–water partition coefficient (Wildman–Crippen LogP) is 2.00. The van der Waals surface area contributed by atoms with Crippen LogP contribution in [0.5, 0.6) is 5.75 Å². The summed E-state index contributed by atoms with van der Waals surface area (Å²) in [4.78, 5) is 25.9. The molecule has 5 nitrogen and oxygen atoms in total. The Morgan fingerprint density at radius 1 is 1.27 bits per heavy atom. The van der Waals surface area contributed by atoms with Crippen molar-refractivity contribution >= 4 is 11.8 Å². The summed E-state index contributed by atoms with van der Waals surface area (Å²) in [5, 5.41) is 2.87. The minimum atomic E-state index is -0.299. The third kappa shape index (κ3) is 6.16. The fourth-order valence-electron chi connectivity index (χ4n) is 2.08. The quantitative estimate of drug-likeness (QED) is 0.874. The molecular formula is C17H26N2O3. The highest BCUT2D eigenvalue weighted by Crippen LogP contribution is 2.13. The minimum Gasteiger partial charge on any atom is -0.497 e. The van der Waals surface area contributed by atoms with Crippen molar-refractivity contribution in [2.24, 2.45) is 0 Å². The molecule has 0 saturated carbocycles. The Morgan fingerprint density at radius 2 is 1.95 bits per heavy atom. The third-order valence-corrected chi connectivity index (χ3v) is 3.07. The molecule has 0 heterocycles. The van der Waals surface area contributed by atoms with Crippen molar-refractivity contribution < 1.29 is 14.3 Å². The number of methoxy groups -OCH3 is 1. The number of rotatable bonds is 6.